The molecule has 0 saturated heterocycles. The number of methoxy groups -OCH3 is 1. The lowest BCUT2D eigenvalue weighted by atomic mass is 10.1. The molecule has 8 nitrogen and oxygen atoms in total. The van der Waals surface area contributed by atoms with Crippen molar-refractivity contribution in [1.29, 1.82) is 0 Å². The molecule has 0 aliphatic heterocycles. The fourth-order valence-corrected chi connectivity index (χ4v) is 2.36. The smallest absolute Gasteiger partial charge is 0.325 e. The van der Waals surface area contributed by atoms with E-state index in [1.807, 2.05) is 0 Å². The summed E-state index contributed by atoms with van der Waals surface area (Å²) in [4.78, 5) is 47.4. The Hall–Kier alpha value is -3.68. The highest BCUT2D eigenvalue weighted by Crippen LogP contribution is 2.16. The Morgan fingerprint density at radius 1 is 1.21 bits per heavy atom. The summed E-state index contributed by atoms with van der Waals surface area (Å²) in [7, 11) is 2.74. The summed E-state index contributed by atoms with van der Waals surface area (Å²) in [6.07, 6.45) is 2.65. The van der Waals surface area contributed by atoms with Gasteiger partial charge in [-0.15, -0.1) is 0 Å². The molecule has 146 valence electrons. The molecule has 2 rings (SSSR count). The maximum Gasteiger partial charge on any atom is 0.325 e. The second-order valence-electron chi connectivity index (χ2n) is 5.99. The predicted octanol–water partition coefficient (Wildman–Crippen LogP) is 1.20. The Balaban J connectivity index is 2.12. The van der Waals surface area contributed by atoms with Crippen LogP contribution in [0.3, 0.4) is 0 Å². The van der Waals surface area contributed by atoms with E-state index in [0.717, 1.165) is 0 Å². The highest BCUT2D eigenvalue weighted by atomic mass is 16.5. The number of aromatic hydroxyl groups is 1. The van der Waals surface area contributed by atoms with Crippen LogP contribution in [0.2, 0.25) is 0 Å². The van der Waals surface area contributed by atoms with Crippen LogP contribution in [0.5, 0.6) is 5.75 Å². The van der Waals surface area contributed by atoms with Gasteiger partial charge in [0.2, 0.25) is 0 Å². The fraction of sp³-hybridized carbons (Fsp3) is 0.200. The summed E-state index contributed by atoms with van der Waals surface area (Å²) < 4.78 is 5.72. The van der Waals surface area contributed by atoms with E-state index >= 15 is 0 Å². The largest absolute Gasteiger partial charge is 0.507 e. The molecule has 0 bridgehead atoms. The van der Waals surface area contributed by atoms with Gasteiger partial charge in [0.1, 0.15) is 17.9 Å². The summed E-state index contributed by atoms with van der Waals surface area (Å²) in [5.41, 5.74) is 0.593. The van der Waals surface area contributed by atoms with E-state index in [-0.39, 0.29) is 17.9 Å². The minimum Gasteiger partial charge on any atom is -0.507 e. The summed E-state index contributed by atoms with van der Waals surface area (Å²) in [5.74, 6) is -1.99. The second kappa shape index (κ2) is 8.81. The van der Waals surface area contributed by atoms with Crippen molar-refractivity contribution in [3.8, 4) is 5.75 Å². The molecule has 8 heteroatoms. The number of aryl methyl sites for hydroxylation is 1. The number of hydrogen-bond donors (Lipinski definition) is 2. The monoisotopic (exact) mass is 384 g/mol. The number of allylic oxidation sites excluding steroid dienone is 1. The molecule has 1 aromatic heterocycles. The Labute approximate surface area is 161 Å². The molecule has 0 saturated carbocycles. The number of nitrogens with zero attached hydrogens (tertiary/aromatic N) is 1. The van der Waals surface area contributed by atoms with E-state index in [2.05, 4.69) is 10.1 Å². The zero-order chi connectivity index (χ0) is 20.8. The molecule has 0 atom stereocenters. The van der Waals surface area contributed by atoms with Gasteiger partial charge >= 0.3 is 5.97 Å². The van der Waals surface area contributed by atoms with Crippen molar-refractivity contribution < 1.29 is 24.2 Å². The number of nitrogens with one attached hydrogen (secondary N) is 1. The Bertz CT molecular complexity index is 1000. The van der Waals surface area contributed by atoms with Gasteiger partial charge in [-0.3, -0.25) is 19.2 Å². The van der Waals surface area contributed by atoms with E-state index < -0.39 is 23.2 Å². The summed E-state index contributed by atoms with van der Waals surface area (Å²) in [6, 6.07) is 7.61. The van der Waals surface area contributed by atoms with E-state index in [1.165, 1.54) is 49.1 Å². The molecule has 0 aliphatic carbocycles. The number of amides is 1. The maximum absolute atomic E-state index is 12.3. The first-order valence-corrected chi connectivity index (χ1v) is 8.31. The minimum absolute atomic E-state index is 0.236. The van der Waals surface area contributed by atoms with Crippen LogP contribution in [0, 0.1) is 6.92 Å². The van der Waals surface area contributed by atoms with Crippen molar-refractivity contribution in [1.82, 2.24) is 9.88 Å². The van der Waals surface area contributed by atoms with Gasteiger partial charge in [0.25, 0.3) is 11.5 Å². The number of hydrogen-bond acceptors (Lipinski definition) is 6. The number of carbonyl (C=O) groups is 3. The number of pyridine rings is 1. The van der Waals surface area contributed by atoms with Gasteiger partial charge in [-0.05, 0) is 30.7 Å². The quantitative estimate of drug-likeness (QED) is 0.439. The van der Waals surface area contributed by atoms with Crippen molar-refractivity contribution in [2.45, 2.75) is 6.92 Å². The van der Waals surface area contributed by atoms with Gasteiger partial charge in [0.15, 0.2) is 5.78 Å². The van der Waals surface area contributed by atoms with Crippen molar-refractivity contribution in [3.63, 3.8) is 0 Å². The number of carbonyl (C=O) groups excluding carboxylic acids is 3. The van der Waals surface area contributed by atoms with Crippen LogP contribution >= 0.6 is 0 Å². The molecule has 1 heterocycles. The molecule has 1 aromatic carbocycles. The molecular formula is C20H20N2O6. The molecule has 0 spiro atoms. The molecule has 0 radical (unpaired) electrons. The van der Waals surface area contributed by atoms with Crippen LogP contribution in [-0.4, -0.2) is 41.0 Å². The highest BCUT2D eigenvalue weighted by Gasteiger charge is 2.16. The lowest BCUT2D eigenvalue weighted by Gasteiger charge is -2.07. The van der Waals surface area contributed by atoms with Crippen LogP contribution in [0.25, 0.3) is 6.08 Å². The van der Waals surface area contributed by atoms with Gasteiger partial charge in [0, 0.05) is 24.4 Å². The van der Waals surface area contributed by atoms with Gasteiger partial charge in [-0.1, -0.05) is 18.2 Å². The Kier molecular flexibility index (Phi) is 6.49. The Morgan fingerprint density at radius 2 is 1.86 bits per heavy atom. The summed E-state index contributed by atoms with van der Waals surface area (Å²) in [6.45, 7) is 1.41. The van der Waals surface area contributed by atoms with Crippen LogP contribution in [0.4, 0.5) is 0 Å². The van der Waals surface area contributed by atoms with E-state index in [4.69, 9.17) is 0 Å². The number of aromatic nitrogens is 1. The summed E-state index contributed by atoms with van der Waals surface area (Å²) >= 11 is 0. The first-order valence-electron chi connectivity index (χ1n) is 8.31. The molecule has 2 N–H and O–H groups in total. The molecule has 0 fully saturated rings. The van der Waals surface area contributed by atoms with Crippen molar-refractivity contribution in [3.05, 3.63) is 69.1 Å². The third-order valence-corrected chi connectivity index (χ3v) is 4.12. The average Bonchev–Trinajstić information content (AvgIpc) is 2.68. The number of esters is 1. The number of ketones is 1. The minimum atomic E-state index is -0.627. The lowest BCUT2D eigenvalue weighted by molar-refractivity contribution is -0.139. The standard InChI is InChI=1S/C20H20N2O6/c1-12-10-16(24)18(20(27)22(12)2)15(23)9-6-13-4-7-14(8-5-13)19(26)21-11-17(25)28-3/h4-10,24H,11H2,1-3H3,(H,21,26). The van der Waals surface area contributed by atoms with Crippen LogP contribution in [0.1, 0.15) is 32.0 Å². The fourth-order valence-electron chi connectivity index (χ4n) is 2.36. The number of rotatable bonds is 6. The molecule has 0 unspecified atom stereocenters. The normalized spacial score (nSPS) is 10.7. The van der Waals surface area contributed by atoms with Gasteiger partial charge < -0.3 is 19.7 Å². The van der Waals surface area contributed by atoms with Crippen molar-refractivity contribution >= 4 is 23.7 Å². The average molecular weight is 384 g/mol. The first kappa shape index (κ1) is 20.6. The van der Waals surface area contributed by atoms with E-state index in [1.54, 1.807) is 19.1 Å². The predicted molar refractivity (Wildman–Crippen MR) is 102 cm³/mol. The molecule has 0 aliphatic rings. The van der Waals surface area contributed by atoms with Crippen molar-refractivity contribution in [2.75, 3.05) is 13.7 Å². The number of ether oxygens (including phenoxy) is 1. The zero-order valence-electron chi connectivity index (χ0n) is 15.7. The van der Waals surface area contributed by atoms with Gasteiger partial charge in [-0.25, -0.2) is 0 Å². The second-order valence-corrected chi connectivity index (χ2v) is 5.99. The molecular weight excluding hydrogens is 364 g/mol. The molecule has 2 aromatic rings. The lowest BCUT2D eigenvalue weighted by Crippen LogP contribution is -2.30. The first-order chi connectivity index (χ1) is 13.2. The topological polar surface area (TPSA) is 115 Å². The maximum atomic E-state index is 12.3. The summed E-state index contributed by atoms with van der Waals surface area (Å²) in [5, 5.41) is 12.3. The van der Waals surface area contributed by atoms with Crippen LogP contribution in [-0.2, 0) is 16.6 Å². The van der Waals surface area contributed by atoms with E-state index in [9.17, 15) is 24.3 Å². The molecule has 28 heavy (non-hydrogen) atoms. The molecule has 1 amide bonds. The third-order valence-electron chi connectivity index (χ3n) is 4.12. The van der Waals surface area contributed by atoms with Gasteiger partial charge in [-0.2, -0.15) is 0 Å². The Morgan fingerprint density at radius 3 is 2.46 bits per heavy atom. The third kappa shape index (κ3) is 4.73. The highest BCUT2D eigenvalue weighted by molar-refractivity contribution is 6.08. The van der Waals surface area contributed by atoms with Crippen molar-refractivity contribution in [2.24, 2.45) is 7.05 Å². The zero-order valence-corrected chi connectivity index (χ0v) is 15.7. The van der Waals surface area contributed by atoms with Crippen LogP contribution in [0.15, 0.2) is 41.2 Å². The SMILES string of the molecule is COC(=O)CNC(=O)c1ccc(C=CC(=O)c2c(O)cc(C)n(C)c2=O)cc1. The number of benzene rings is 1. The van der Waals surface area contributed by atoms with Crippen LogP contribution < -0.4 is 10.9 Å². The van der Waals surface area contributed by atoms with E-state index in [0.29, 0.717) is 16.8 Å². The van der Waals surface area contributed by atoms with Gasteiger partial charge in [0.05, 0.1) is 7.11 Å².